The normalized spacial score (nSPS) is 25.8. The van der Waals surface area contributed by atoms with Crippen LogP contribution in [0.25, 0.3) is 0 Å². The van der Waals surface area contributed by atoms with Gasteiger partial charge in [-0.05, 0) is 23.8 Å². The highest BCUT2D eigenvalue weighted by Crippen LogP contribution is 2.15. The Hall–Kier alpha value is -1.76. The molecule has 0 aliphatic carbocycles. The van der Waals surface area contributed by atoms with Crippen LogP contribution >= 0.6 is 0 Å². The topological polar surface area (TPSA) is 51.7 Å². The van der Waals surface area contributed by atoms with Gasteiger partial charge in [-0.2, -0.15) is 0 Å². The highest BCUT2D eigenvalue weighted by molar-refractivity contribution is 5.72. The standard InChI is InChI=1S/C15H20FN5/c16-14-4-1-3-13(11-14)12-20-15(18-5-2-6-19-15)21-9-7-17-8-10-21/h1-6,11,17-18,20H,7-10,12H2. The molecule has 3 N–H and O–H groups in total. The van der Waals surface area contributed by atoms with Gasteiger partial charge in [0.2, 0.25) is 5.91 Å². The van der Waals surface area contributed by atoms with Gasteiger partial charge in [0.15, 0.2) is 0 Å². The summed E-state index contributed by atoms with van der Waals surface area (Å²) in [6, 6.07) is 6.63. The summed E-state index contributed by atoms with van der Waals surface area (Å²) >= 11 is 0. The third kappa shape index (κ3) is 3.29. The number of allylic oxidation sites excluding steroid dienone is 1. The van der Waals surface area contributed by atoms with Crippen LogP contribution in [0.1, 0.15) is 5.56 Å². The van der Waals surface area contributed by atoms with Crippen molar-refractivity contribution in [1.82, 2.24) is 20.9 Å². The van der Waals surface area contributed by atoms with Crippen molar-refractivity contribution in [2.75, 3.05) is 26.2 Å². The molecule has 5 nitrogen and oxygen atoms in total. The first-order valence-electron chi connectivity index (χ1n) is 7.22. The molecule has 0 bridgehead atoms. The van der Waals surface area contributed by atoms with Gasteiger partial charge in [-0.1, -0.05) is 12.1 Å². The number of hydrogen-bond donors (Lipinski definition) is 3. The molecule has 1 aromatic rings. The van der Waals surface area contributed by atoms with Gasteiger partial charge in [-0.25, -0.2) is 14.3 Å². The zero-order valence-corrected chi connectivity index (χ0v) is 11.8. The second-order valence-corrected chi connectivity index (χ2v) is 5.17. The predicted molar refractivity (Wildman–Crippen MR) is 81.2 cm³/mol. The minimum atomic E-state index is -0.650. The molecule has 2 aliphatic heterocycles. The summed E-state index contributed by atoms with van der Waals surface area (Å²) < 4.78 is 13.3. The fraction of sp³-hybridized carbons (Fsp3) is 0.400. The average Bonchev–Trinajstić information content (AvgIpc) is 2.55. The number of nitrogens with one attached hydrogen (secondary N) is 3. The molecule has 1 unspecified atom stereocenters. The first-order valence-corrected chi connectivity index (χ1v) is 7.22. The monoisotopic (exact) mass is 289 g/mol. The Morgan fingerprint density at radius 3 is 2.90 bits per heavy atom. The van der Waals surface area contributed by atoms with Crippen molar-refractivity contribution in [1.29, 1.82) is 0 Å². The zero-order valence-electron chi connectivity index (χ0n) is 11.8. The maximum absolute atomic E-state index is 13.3. The first kappa shape index (κ1) is 14.2. The van der Waals surface area contributed by atoms with E-state index >= 15 is 0 Å². The van der Waals surface area contributed by atoms with Crippen LogP contribution in [-0.4, -0.2) is 43.2 Å². The Morgan fingerprint density at radius 1 is 1.33 bits per heavy atom. The van der Waals surface area contributed by atoms with E-state index in [9.17, 15) is 4.39 Å². The summed E-state index contributed by atoms with van der Waals surface area (Å²) in [4.78, 5) is 6.85. The molecule has 2 aliphatic rings. The van der Waals surface area contributed by atoms with Gasteiger partial charge in [-0.3, -0.25) is 5.32 Å². The Bertz CT molecular complexity index is 539. The van der Waals surface area contributed by atoms with E-state index in [0.29, 0.717) is 6.54 Å². The number of piperazine rings is 1. The van der Waals surface area contributed by atoms with Crippen LogP contribution in [0.2, 0.25) is 0 Å². The zero-order chi connectivity index (χ0) is 14.5. The van der Waals surface area contributed by atoms with Crippen molar-refractivity contribution in [3.05, 3.63) is 47.9 Å². The number of aliphatic imine (C=N–C) groups is 1. The number of hydrogen-bond acceptors (Lipinski definition) is 5. The van der Waals surface area contributed by atoms with Crippen molar-refractivity contribution in [3.8, 4) is 0 Å². The minimum Gasteiger partial charge on any atom is -0.342 e. The van der Waals surface area contributed by atoms with Gasteiger partial charge in [-0.15, -0.1) is 0 Å². The van der Waals surface area contributed by atoms with E-state index in [1.54, 1.807) is 18.3 Å². The molecule has 3 rings (SSSR count). The van der Waals surface area contributed by atoms with E-state index in [-0.39, 0.29) is 5.82 Å². The van der Waals surface area contributed by atoms with E-state index < -0.39 is 5.91 Å². The van der Waals surface area contributed by atoms with Crippen molar-refractivity contribution < 1.29 is 4.39 Å². The molecule has 0 saturated carbocycles. The van der Waals surface area contributed by atoms with Gasteiger partial charge in [0, 0.05) is 45.1 Å². The largest absolute Gasteiger partial charge is 0.342 e. The Balaban J connectivity index is 1.73. The molecule has 6 heteroatoms. The summed E-state index contributed by atoms with van der Waals surface area (Å²) in [5.74, 6) is -0.867. The molecule has 0 spiro atoms. The van der Waals surface area contributed by atoms with Crippen molar-refractivity contribution in [3.63, 3.8) is 0 Å². The fourth-order valence-corrected chi connectivity index (χ4v) is 2.64. The lowest BCUT2D eigenvalue weighted by molar-refractivity contribution is 0.0289. The SMILES string of the molecule is Fc1cccc(CNC2(N3CCNCC3)N=CC=CN2)c1. The quantitative estimate of drug-likeness (QED) is 0.760. The summed E-state index contributed by atoms with van der Waals surface area (Å²) in [5, 5.41) is 10.1. The van der Waals surface area contributed by atoms with Crippen LogP contribution in [0.15, 0.2) is 41.5 Å². The molecular formula is C15H20FN5. The van der Waals surface area contributed by atoms with E-state index in [2.05, 4.69) is 25.8 Å². The van der Waals surface area contributed by atoms with Crippen LogP contribution < -0.4 is 16.0 Å². The molecule has 1 atom stereocenters. The molecule has 112 valence electrons. The summed E-state index contributed by atoms with van der Waals surface area (Å²) in [7, 11) is 0. The number of rotatable bonds is 4. The maximum Gasteiger partial charge on any atom is 0.246 e. The molecule has 1 aromatic carbocycles. The van der Waals surface area contributed by atoms with Crippen LogP contribution in [-0.2, 0) is 6.54 Å². The molecule has 1 fully saturated rings. The summed E-state index contributed by atoms with van der Waals surface area (Å²) in [6.45, 7) is 4.21. The number of nitrogens with zero attached hydrogens (tertiary/aromatic N) is 2. The van der Waals surface area contributed by atoms with Gasteiger partial charge >= 0.3 is 0 Å². The lowest BCUT2D eigenvalue weighted by atomic mass is 10.2. The Morgan fingerprint density at radius 2 is 2.19 bits per heavy atom. The Labute approximate surface area is 123 Å². The second kappa shape index (κ2) is 6.34. The van der Waals surface area contributed by atoms with E-state index in [0.717, 1.165) is 31.7 Å². The van der Waals surface area contributed by atoms with E-state index in [1.807, 2.05) is 18.3 Å². The molecule has 2 heterocycles. The average molecular weight is 289 g/mol. The minimum absolute atomic E-state index is 0.217. The molecule has 0 amide bonds. The lowest BCUT2D eigenvalue weighted by Crippen LogP contribution is -2.68. The molecule has 21 heavy (non-hydrogen) atoms. The van der Waals surface area contributed by atoms with E-state index in [4.69, 9.17) is 0 Å². The van der Waals surface area contributed by atoms with Crippen molar-refractivity contribution in [2.24, 2.45) is 4.99 Å². The smallest absolute Gasteiger partial charge is 0.246 e. The summed E-state index contributed by atoms with van der Waals surface area (Å²) in [6.07, 6.45) is 5.54. The van der Waals surface area contributed by atoms with Crippen molar-refractivity contribution in [2.45, 2.75) is 12.5 Å². The van der Waals surface area contributed by atoms with Gasteiger partial charge < -0.3 is 10.6 Å². The van der Waals surface area contributed by atoms with Crippen LogP contribution in [0, 0.1) is 5.82 Å². The number of halogens is 1. The number of benzene rings is 1. The van der Waals surface area contributed by atoms with Gasteiger partial charge in [0.25, 0.3) is 0 Å². The third-order valence-corrected chi connectivity index (χ3v) is 3.73. The molecular weight excluding hydrogens is 269 g/mol. The van der Waals surface area contributed by atoms with Crippen molar-refractivity contribution >= 4 is 6.21 Å². The van der Waals surface area contributed by atoms with Crippen LogP contribution in [0.5, 0.6) is 0 Å². The summed E-state index contributed by atoms with van der Waals surface area (Å²) in [5.41, 5.74) is 0.899. The predicted octanol–water partition coefficient (Wildman–Crippen LogP) is 0.620. The van der Waals surface area contributed by atoms with E-state index in [1.165, 1.54) is 6.07 Å². The van der Waals surface area contributed by atoms with Crippen LogP contribution in [0.3, 0.4) is 0 Å². The maximum atomic E-state index is 13.3. The third-order valence-electron chi connectivity index (χ3n) is 3.73. The molecule has 0 aromatic heterocycles. The highest BCUT2D eigenvalue weighted by atomic mass is 19.1. The molecule has 1 saturated heterocycles. The second-order valence-electron chi connectivity index (χ2n) is 5.17. The highest BCUT2D eigenvalue weighted by Gasteiger charge is 2.36. The first-order chi connectivity index (χ1) is 10.3. The lowest BCUT2D eigenvalue weighted by Gasteiger charge is -2.44. The Kier molecular flexibility index (Phi) is 4.28. The molecule has 0 radical (unpaired) electrons. The fourth-order valence-electron chi connectivity index (χ4n) is 2.64. The van der Waals surface area contributed by atoms with Gasteiger partial charge in [0.05, 0.1) is 0 Å². The van der Waals surface area contributed by atoms with Crippen LogP contribution in [0.4, 0.5) is 4.39 Å². The van der Waals surface area contributed by atoms with Gasteiger partial charge in [0.1, 0.15) is 5.82 Å².